The molecule has 2 rings (SSSR count). The molecule has 1 aromatic rings. The monoisotopic (exact) mass is 249 g/mol. The summed E-state index contributed by atoms with van der Waals surface area (Å²) in [6.07, 6.45) is 1.58. The zero-order valence-corrected chi connectivity index (χ0v) is 10.6. The highest BCUT2D eigenvalue weighted by molar-refractivity contribution is 5.84. The average molecular weight is 249 g/mol. The number of para-hydroxylation sites is 1. The molecule has 1 amide bonds. The van der Waals surface area contributed by atoms with Crippen LogP contribution in [0.5, 0.6) is 5.75 Å². The molecule has 0 aromatic heterocycles. The lowest BCUT2D eigenvalue weighted by Crippen LogP contribution is -2.33. The van der Waals surface area contributed by atoms with Crippen LogP contribution < -0.4 is 10.1 Å². The third-order valence-electron chi connectivity index (χ3n) is 3.10. The number of hydrogen-bond donors (Lipinski definition) is 1. The Labute approximate surface area is 107 Å². The maximum absolute atomic E-state index is 12.1. The van der Waals surface area contributed by atoms with Crippen molar-refractivity contribution in [2.24, 2.45) is 0 Å². The third kappa shape index (κ3) is 3.01. The van der Waals surface area contributed by atoms with E-state index in [-0.39, 0.29) is 11.8 Å². The minimum atomic E-state index is -0.0857. The summed E-state index contributed by atoms with van der Waals surface area (Å²) in [6.45, 7) is 1.93. The number of benzene rings is 1. The van der Waals surface area contributed by atoms with E-state index in [2.05, 4.69) is 5.32 Å². The highest BCUT2D eigenvalue weighted by Crippen LogP contribution is 2.33. The molecule has 0 bridgehead atoms. The van der Waals surface area contributed by atoms with E-state index in [9.17, 15) is 4.79 Å². The summed E-state index contributed by atoms with van der Waals surface area (Å²) in [5, 5.41) is 2.95. The Bertz CT molecular complexity index is 406. The zero-order chi connectivity index (χ0) is 12.8. The summed E-state index contributed by atoms with van der Waals surface area (Å²) in [5.74, 6) is 0.833. The molecule has 1 N–H and O–H groups in total. The lowest BCUT2D eigenvalue weighted by molar-refractivity contribution is -0.123. The molecule has 1 aliphatic rings. The highest BCUT2D eigenvalue weighted by Gasteiger charge is 2.26. The lowest BCUT2D eigenvalue weighted by atomic mass is 9.92. The standard InChI is InChI=1S/C14H19NO3/c1-17-9-4-8-15-14(16)12-7-10-18-13-6-3-2-5-11(12)13/h2-3,5-6,12H,4,7-10H2,1H3,(H,15,16). The Kier molecular flexibility index (Phi) is 4.59. The van der Waals surface area contributed by atoms with E-state index in [4.69, 9.17) is 9.47 Å². The molecule has 0 aliphatic carbocycles. The van der Waals surface area contributed by atoms with Crippen molar-refractivity contribution in [1.82, 2.24) is 5.32 Å². The number of rotatable bonds is 5. The number of methoxy groups -OCH3 is 1. The van der Waals surface area contributed by atoms with Crippen LogP contribution in [-0.4, -0.2) is 32.8 Å². The van der Waals surface area contributed by atoms with Crippen molar-refractivity contribution in [2.45, 2.75) is 18.8 Å². The second kappa shape index (κ2) is 6.40. The van der Waals surface area contributed by atoms with Crippen LogP contribution in [0, 0.1) is 0 Å². The second-order valence-corrected chi connectivity index (χ2v) is 4.36. The highest BCUT2D eigenvalue weighted by atomic mass is 16.5. The third-order valence-corrected chi connectivity index (χ3v) is 3.10. The summed E-state index contributed by atoms with van der Waals surface area (Å²) < 4.78 is 10.5. The van der Waals surface area contributed by atoms with Gasteiger partial charge in [0.05, 0.1) is 12.5 Å². The Balaban J connectivity index is 1.95. The molecule has 0 radical (unpaired) electrons. The maximum Gasteiger partial charge on any atom is 0.227 e. The van der Waals surface area contributed by atoms with Gasteiger partial charge in [-0.25, -0.2) is 0 Å². The molecule has 0 spiro atoms. The molecule has 4 nitrogen and oxygen atoms in total. The van der Waals surface area contributed by atoms with Gasteiger partial charge in [-0.1, -0.05) is 18.2 Å². The summed E-state index contributed by atoms with van der Waals surface area (Å²) >= 11 is 0. The van der Waals surface area contributed by atoms with Crippen LogP contribution in [0.2, 0.25) is 0 Å². The predicted molar refractivity (Wildman–Crippen MR) is 68.8 cm³/mol. The predicted octanol–water partition coefficient (Wildman–Crippen LogP) is 1.71. The van der Waals surface area contributed by atoms with Gasteiger partial charge in [-0.05, 0) is 18.9 Å². The van der Waals surface area contributed by atoms with E-state index in [0.29, 0.717) is 19.8 Å². The second-order valence-electron chi connectivity index (χ2n) is 4.36. The molecule has 1 heterocycles. The van der Waals surface area contributed by atoms with E-state index >= 15 is 0 Å². The fourth-order valence-electron chi connectivity index (χ4n) is 2.17. The van der Waals surface area contributed by atoms with Gasteiger partial charge in [0.1, 0.15) is 5.75 Å². The largest absolute Gasteiger partial charge is 0.493 e. The van der Waals surface area contributed by atoms with Crippen LogP contribution in [-0.2, 0) is 9.53 Å². The number of carbonyl (C=O) groups is 1. The molecule has 0 saturated carbocycles. The van der Waals surface area contributed by atoms with Gasteiger partial charge in [-0.2, -0.15) is 0 Å². The Hall–Kier alpha value is -1.55. The topological polar surface area (TPSA) is 47.6 Å². The van der Waals surface area contributed by atoms with E-state index in [1.54, 1.807) is 7.11 Å². The summed E-state index contributed by atoms with van der Waals surface area (Å²) in [5.41, 5.74) is 0.994. The molecule has 0 fully saturated rings. The number of hydrogen-bond acceptors (Lipinski definition) is 3. The fraction of sp³-hybridized carbons (Fsp3) is 0.500. The quantitative estimate of drug-likeness (QED) is 0.808. The van der Waals surface area contributed by atoms with Crippen LogP contribution in [0.1, 0.15) is 24.3 Å². The van der Waals surface area contributed by atoms with Gasteiger partial charge in [0.25, 0.3) is 0 Å². The van der Waals surface area contributed by atoms with Crippen molar-refractivity contribution in [3.05, 3.63) is 29.8 Å². The molecule has 1 unspecified atom stereocenters. The SMILES string of the molecule is COCCCNC(=O)C1CCOc2ccccc21. The number of nitrogens with one attached hydrogen (secondary N) is 1. The van der Waals surface area contributed by atoms with Crippen LogP contribution in [0.25, 0.3) is 0 Å². The minimum Gasteiger partial charge on any atom is -0.493 e. The van der Waals surface area contributed by atoms with Gasteiger partial charge < -0.3 is 14.8 Å². The van der Waals surface area contributed by atoms with Crippen LogP contribution >= 0.6 is 0 Å². The first kappa shape index (κ1) is 12.9. The van der Waals surface area contributed by atoms with Gasteiger partial charge in [0.15, 0.2) is 0 Å². The van der Waals surface area contributed by atoms with Gasteiger partial charge >= 0.3 is 0 Å². The van der Waals surface area contributed by atoms with Gasteiger partial charge in [0.2, 0.25) is 5.91 Å². The van der Waals surface area contributed by atoms with Crippen molar-refractivity contribution in [3.8, 4) is 5.75 Å². The molecular formula is C14H19NO3. The lowest BCUT2D eigenvalue weighted by Gasteiger charge is -2.25. The number of fused-ring (bicyclic) bond motifs is 1. The normalized spacial score (nSPS) is 17.7. The summed E-state index contributed by atoms with van der Waals surface area (Å²) in [7, 11) is 1.66. The van der Waals surface area contributed by atoms with Gasteiger partial charge in [-0.3, -0.25) is 4.79 Å². The number of amides is 1. The van der Waals surface area contributed by atoms with Crippen molar-refractivity contribution in [3.63, 3.8) is 0 Å². The van der Waals surface area contributed by atoms with E-state index in [0.717, 1.165) is 24.2 Å². The van der Waals surface area contributed by atoms with Crippen molar-refractivity contribution in [1.29, 1.82) is 0 Å². The average Bonchev–Trinajstić information content (AvgIpc) is 2.43. The van der Waals surface area contributed by atoms with Gasteiger partial charge in [0, 0.05) is 25.8 Å². The first-order valence-corrected chi connectivity index (χ1v) is 6.31. The molecule has 0 saturated heterocycles. The van der Waals surface area contributed by atoms with Crippen molar-refractivity contribution >= 4 is 5.91 Å². The first-order valence-electron chi connectivity index (χ1n) is 6.31. The molecule has 98 valence electrons. The Morgan fingerprint density at radius 2 is 2.33 bits per heavy atom. The molecular weight excluding hydrogens is 230 g/mol. The summed E-state index contributed by atoms with van der Waals surface area (Å²) in [6, 6.07) is 7.75. The van der Waals surface area contributed by atoms with E-state index in [1.807, 2.05) is 24.3 Å². The Morgan fingerprint density at radius 1 is 1.50 bits per heavy atom. The van der Waals surface area contributed by atoms with Crippen molar-refractivity contribution < 1.29 is 14.3 Å². The van der Waals surface area contributed by atoms with Crippen LogP contribution in [0.4, 0.5) is 0 Å². The molecule has 1 atom stereocenters. The molecule has 1 aromatic carbocycles. The molecule has 1 aliphatic heterocycles. The molecule has 4 heteroatoms. The van der Waals surface area contributed by atoms with Gasteiger partial charge in [-0.15, -0.1) is 0 Å². The van der Waals surface area contributed by atoms with Crippen LogP contribution in [0.3, 0.4) is 0 Å². The van der Waals surface area contributed by atoms with Crippen molar-refractivity contribution in [2.75, 3.05) is 26.9 Å². The number of carbonyl (C=O) groups excluding carboxylic acids is 1. The Morgan fingerprint density at radius 3 is 3.17 bits per heavy atom. The smallest absolute Gasteiger partial charge is 0.227 e. The minimum absolute atomic E-state index is 0.0850. The zero-order valence-electron chi connectivity index (χ0n) is 10.6. The van der Waals surface area contributed by atoms with E-state index in [1.165, 1.54) is 0 Å². The number of ether oxygens (including phenoxy) is 2. The summed E-state index contributed by atoms with van der Waals surface area (Å²) in [4.78, 5) is 12.1. The molecule has 18 heavy (non-hydrogen) atoms. The van der Waals surface area contributed by atoms with Crippen LogP contribution in [0.15, 0.2) is 24.3 Å². The van der Waals surface area contributed by atoms with E-state index < -0.39 is 0 Å². The maximum atomic E-state index is 12.1. The fourth-order valence-corrected chi connectivity index (χ4v) is 2.17. The first-order chi connectivity index (χ1) is 8.83.